The standard InChI is InChI=1S/C13H18N2O6S/c1-7-4-8(2)12(10(5-7)21-3)22(19,20)15-9(13(17)18)6-11(14)16/h4-5,9,15H,6H2,1-3H3,(H2,14,16)(H,17,18)/t9-/m0/s1. The van der Waals surface area contributed by atoms with Crippen LogP contribution in [0.4, 0.5) is 0 Å². The number of hydrogen-bond acceptors (Lipinski definition) is 5. The van der Waals surface area contributed by atoms with E-state index in [1.165, 1.54) is 13.2 Å². The number of aliphatic carboxylic acids is 1. The summed E-state index contributed by atoms with van der Waals surface area (Å²) >= 11 is 0. The molecule has 1 aromatic carbocycles. The molecule has 22 heavy (non-hydrogen) atoms. The van der Waals surface area contributed by atoms with Crippen molar-refractivity contribution in [1.29, 1.82) is 0 Å². The van der Waals surface area contributed by atoms with Crippen molar-refractivity contribution in [2.24, 2.45) is 5.73 Å². The van der Waals surface area contributed by atoms with E-state index in [9.17, 15) is 18.0 Å². The Hall–Kier alpha value is -2.13. The van der Waals surface area contributed by atoms with Crippen LogP contribution in [0.5, 0.6) is 5.75 Å². The molecule has 0 bridgehead atoms. The number of rotatable bonds is 7. The van der Waals surface area contributed by atoms with Gasteiger partial charge in [0, 0.05) is 0 Å². The minimum Gasteiger partial charge on any atom is -0.495 e. The Bertz CT molecular complexity index is 699. The van der Waals surface area contributed by atoms with Gasteiger partial charge in [0.25, 0.3) is 0 Å². The second-order valence-corrected chi connectivity index (χ2v) is 6.45. The number of primary amides is 1. The highest BCUT2D eigenvalue weighted by molar-refractivity contribution is 7.89. The highest BCUT2D eigenvalue weighted by Gasteiger charge is 2.30. The van der Waals surface area contributed by atoms with Crippen molar-refractivity contribution in [3.05, 3.63) is 23.3 Å². The summed E-state index contributed by atoms with van der Waals surface area (Å²) < 4.78 is 31.9. The molecule has 0 spiro atoms. The fourth-order valence-electron chi connectivity index (χ4n) is 2.04. The van der Waals surface area contributed by atoms with Gasteiger partial charge < -0.3 is 15.6 Å². The van der Waals surface area contributed by atoms with E-state index in [1.54, 1.807) is 19.9 Å². The van der Waals surface area contributed by atoms with E-state index in [0.717, 1.165) is 5.56 Å². The number of nitrogens with two attached hydrogens (primary N) is 1. The SMILES string of the molecule is COc1cc(C)cc(C)c1S(=O)(=O)N[C@@H](CC(N)=O)C(=O)O. The molecule has 0 aliphatic heterocycles. The first kappa shape index (κ1) is 17.9. The summed E-state index contributed by atoms with van der Waals surface area (Å²) in [6.07, 6.45) is -0.651. The molecule has 0 saturated heterocycles. The van der Waals surface area contributed by atoms with Gasteiger partial charge in [0.2, 0.25) is 15.9 Å². The molecule has 0 radical (unpaired) electrons. The smallest absolute Gasteiger partial charge is 0.322 e. The fourth-order valence-corrected chi connectivity index (χ4v) is 3.60. The topological polar surface area (TPSA) is 136 Å². The van der Waals surface area contributed by atoms with Crippen molar-refractivity contribution >= 4 is 21.9 Å². The third-order valence-corrected chi connectivity index (χ3v) is 4.53. The zero-order valence-electron chi connectivity index (χ0n) is 12.4. The Morgan fingerprint density at radius 3 is 2.41 bits per heavy atom. The largest absolute Gasteiger partial charge is 0.495 e. The first-order chi connectivity index (χ1) is 10.1. The molecule has 1 atom stereocenters. The number of sulfonamides is 1. The molecule has 0 aliphatic carbocycles. The normalized spacial score (nSPS) is 12.7. The lowest BCUT2D eigenvalue weighted by Gasteiger charge is -2.17. The summed E-state index contributed by atoms with van der Waals surface area (Å²) in [7, 11) is -2.89. The van der Waals surface area contributed by atoms with Crippen molar-refractivity contribution in [1.82, 2.24) is 4.72 Å². The van der Waals surface area contributed by atoms with E-state index in [2.05, 4.69) is 0 Å². The van der Waals surface area contributed by atoms with Gasteiger partial charge in [-0.2, -0.15) is 4.72 Å². The number of hydrogen-bond donors (Lipinski definition) is 3. The molecule has 0 aromatic heterocycles. The number of nitrogens with one attached hydrogen (secondary N) is 1. The van der Waals surface area contributed by atoms with Gasteiger partial charge in [-0.25, -0.2) is 8.42 Å². The molecular formula is C13H18N2O6S. The van der Waals surface area contributed by atoms with Crippen LogP contribution in [0.25, 0.3) is 0 Å². The van der Waals surface area contributed by atoms with Gasteiger partial charge in [-0.15, -0.1) is 0 Å². The molecule has 0 unspecified atom stereocenters. The zero-order valence-corrected chi connectivity index (χ0v) is 13.2. The number of methoxy groups -OCH3 is 1. The van der Waals surface area contributed by atoms with E-state index in [-0.39, 0.29) is 10.6 Å². The van der Waals surface area contributed by atoms with Gasteiger partial charge in [-0.3, -0.25) is 9.59 Å². The number of aryl methyl sites for hydroxylation is 2. The van der Waals surface area contributed by atoms with E-state index in [4.69, 9.17) is 15.6 Å². The van der Waals surface area contributed by atoms with Crippen molar-refractivity contribution < 1.29 is 27.9 Å². The van der Waals surface area contributed by atoms with Crippen molar-refractivity contribution in [3.63, 3.8) is 0 Å². The number of carbonyl (C=O) groups excluding carboxylic acids is 1. The lowest BCUT2D eigenvalue weighted by molar-refractivity contribution is -0.140. The van der Waals surface area contributed by atoms with Gasteiger partial charge >= 0.3 is 5.97 Å². The van der Waals surface area contributed by atoms with Crippen LogP contribution in [0.15, 0.2) is 17.0 Å². The fraction of sp³-hybridized carbons (Fsp3) is 0.385. The van der Waals surface area contributed by atoms with Crippen LogP contribution in [-0.2, 0) is 19.6 Å². The molecule has 0 fully saturated rings. The molecule has 4 N–H and O–H groups in total. The Balaban J connectivity index is 3.30. The Morgan fingerprint density at radius 2 is 1.95 bits per heavy atom. The lowest BCUT2D eigenvalue weighted by Crippen LogP contribution is -2.43. The molecule has 0 aliphatic rings. The predicted molar refractivity (Wildman–Crippen MR) is 78.0 cm³/mol. The van der Waals surface area contributed by atoms with E-state index >= 15 is 0 Å². The highest BCUT2D eigenvalue weighted by Crippen LogP contribution is 2.29. The maximum Gasteiger partial charge on any atom is 0.322 e. The van der Waals surface area contributed by atoms with E-state index in [0.29, 0.717) is 5.56 Å². The molecule has 9 heteroatoms. The van der Waals surface area contributed by atoms with Gasteiger partial charge in [-0.1, -0.05) is 6.07 Å². The molecule has 1 aromatic rings. The van der Waals surface area contributed by atoms with Crippen molar-refractivity contribution in [2.75, 3.05) is 7.11 Å². The monoisotopic (exact) mass is 330 g/mol. The number of carboxylic acid groups (broad SMARTS) is 1. The lowest BCUT2D eigenvalue weighted by atomic mass is 10.1. The van der Waals surface area contributed by atoms with Crippen LogP contribution >= 0.6 is 0 Å². The summed E-state index contributed by atoms with van der Waals surface area (Å²) in [4.78, 5) is 21.8. The molecule has 0 heterocycles. The van der Waals surface area contributed by atoms with Gasteiger partial charge in [0.05, 0.1) is 13.5 Å². The zero-order chi connectivity index (χ0) is 17.1. The van der Waals surface area contributed by atoms with Gasteiger partial charge in [-0.05, 0) is 31.0 Å². The van der Waals surface area contributed by atoms with Gasteiger partial charge in [0.1, 0.15) is 16.7 Å². The van der Waals surface area contributed by atoms with Crippen LogP contribution < -0.4 is 15.2 Å². The number of amides is 1. The average Bonchev–Trinajstić information content (AvgIpc) is 2.35. The Labute approximate surface area is 128 Å². The highest BCUT2D eigenvalue weighted by atomic mass is 32.2. The predicted octanol–water partition coefficient (Wildman–Crippen LogP) is -0.0811. The van der Waals surface area contributed by atoms with E-state index in [1.807, 2.05) is 4.72 Å². The summed E-state index contributed by atoms with van der Waals surface area (Å²) in [6.45, 7) is 3.33. The Kier molecular flexibility index (Phi) is 5.50. The Morgan fingerprint density at radius 1 is 1.36 bits per heavy atom. The second-order valence-electron chi connectivity index (χ2n) is 4.80. The molecule has 0 saturated carbocycles. The van der Waals surface area contributed by atoms with Gasteiger partial charge in [0.15, 0.2) is 0 Å². The van der Waals surface area contributed by atoms with E-state index < -0.39 is 34.4 Å². The molecule has 8 nitrogen and oxygen atoms in total. The number of benzene rings is 1. The first-order valence-electron chi connectivity index (χ1n) is 6.27. The first-order valence-corrected chi connectivity index (χ1v) is 7.75. The molecule has 122 valence electrons. The third-order valence-electron chi connectivity index (χ3n) is 2.87. The molecule has 1 amide bonds. The number of carboxylic acids is 1. The summed E-state index contributed by atoms with van der Waals surface area (Å²) in [5.74, 6) is -2.33. The molecular weight excluding hydrogens is 312 g/mol. The minimum atomic E-state index is -4.20. The van der Waals surface area contributed by atoms with Crippen LogP contribution in [0.3, 0.4) is 0 Å². The average molecular weight is 330 g/mol. The number of ether oxygens (including phenoxy) is 1. The summed E-state index contributed by atoms with van der Waals surface area (Å²) in [6, 6.07) is 1.50. The van der Waals surface area contributed by atoms with Crippen LogP contribution in [0.2, 0.25) is 0 Å². The van der Waals surface area contributed by atoms with Crippen LogP contribution in [0, 0.1) is 13.8 Å². The van der Waals surface area contributed by atoms with Crippen LogP contribution in [0.1, 0.15) is 17.5 Å². The summed E-state index contributed by atoms with van der Waals surface area (Å²) in [5, 5.41) is 9.01. The second kappa shape index (κ2) is 6.75. The number of carbonyl (C=O) groups is 2. The van der Waals surface area contributed by atoms with Crippen molar-refractivity contribution in [3.8, 4) is 5.75 Å². The summed E-state index contributed by atoms with van der Waals surface area (Å²) in [5.41, 5.74) is 6.12. The maximum atomic E-state index is 12.4. The van der Waals surface area contributed by atoms with Crippen molar-refractivity contribution in [2.45, 2.75) is 31.2 Å². The van der Waals surface area contributed by atoms with Crippen LogP contribution in [-0.4, -0.2) is 38.6 Å². The minimum absolute atomic E-state index is 0.0909. The maximum absolute atomic E-state index is 12.4. The third kappa shape index (κ3) is 4.18. The quantitative estimate of drug-likeness (QED) is 0.639. The molecule has 1 rings (SSSR count).